The first-order chi connectivity index (χ1) is 19.6. The van der Waals surface area contributed by atoms with E-state index in [9.17, 15) is 13.2 Å². The molecule has 4 aromatic rings. The van der Waals surface area contributed by atoms with E-state index in [2.05, 4.69) is 15.3 Å². The molecule has 0 spiro atoms. The topological polar surface area (TPSA) is 103 Å². The van der Waals surface area contributed by atoms with Crippen LogP contribution in [0.4, 0.5) is 14.6 Å². The van der Waals surface area contributed by atoms with Crippen molar-refractivity contribution >= 4 is 44.4 Å². The van der Waals surface area contributed by atoms with Crippen molar-refractivity contribution in [1.82, 2.24) is 13.9 Å². The van der Waals surface area contributed by atoms with Crippen molar-refractivity contribution in [3.63, 3.8) is 0 Å². The maximum atomic E-state index is 15.4. The second-order valence-corrected chi connectivity index (χ2v) is 13.0. The number of benzene rings is 1. The van der Waals surface area contributed by atoms with Crippen LogP contribution in [0.1, 0.15) is 31.2 Å². The quantitative estimate of drug-likeness (QED) is 0.272. The Kier molecular flexibility index (Phi) is 6.97. The smallest absolute Gasteiger partial charge is 0.311 e. The molecule has 3 heterocycles. The largest absolute Gasteiger partial charge is 0.469 e. The van der Waals surface area contributed by atoms with Gasteiger partial charge in [0.25, 0.3) is 10.0 Å². The van der Waals surface area contributed by atoms with Gasteiger partial charge in [0.15, 0.2) is 23.1 Å². The predicted molar refractivity (Wildman–Crippen MR) is 150 cm³/mol. The van der Waals surface area contributed by atoms with E-state index in [-0.39, 0.29) is 55.8 Å². The molecule has 7 rings (SSSR count). The molecule has 8 nitrogen and oxygen atoms in total. The van der Waals surface area contributed by atoms with Crippen LogP contribution >= 0.6 is 11.6 Å². The van der Waals surface area contributed by atoms with Crippen molar-refractivity contribution in [2.75, 3.05) is 12.4 Å². The third-order valence-corrected chi connectivity index (χ3v) is 10.2. The number of nitrogens with zero attached hydrogens (tertiary/aromatic N) is 3. The van der Waals surface area contributed by atoms with Crippen LogP contribution in [0.3, 0.4) is 0 Å². The Morgan fingerprint density at radius 1 is 1.07 bits per heavy atom. The average Bonchev–Trinajstić information content (AvgIpc) is 3.34. The van der Waals surface area contributed by atoms with Crippen molar-refractivity contribution in [2.45, 2.75) is 43.5 Å². The summed E-state index contributed by atoms with van der Waals surface area (Å²) in [6.07, 6.45) is 6.03. The number of aromatic nitrogens is 3. The molecule has 12 heteroatoms. The zero-order chi connectivity index (χ0) is 29.1. The number of carbonyl (C=O) groups is 1. The maximum Gasteiger partial charge on any atom is 0.311 e. The molecule has 0 aliphatic heterocycles. The number of aryl methyl sites for hydroxylation is 1. The molecule has 3 aromatic heterocycles. The van der Waals surface area contributed by atoms with Crippen molar-refractivity contribution in [3.05, 3.63) is 71.0 Å². The first kappa shape index (κ1) is 27.6. The lowest BCUT2D eigenvalue weighted by Crippen LogP contribution is -2.52. The Labute approximate surface area is 240 Å². The van der Waals surface area contributed by atoms with E-state index < -0.39 is 33.6 Å². The normalized spacial score (nSPS) is 22.2. The second-order valence-electron chi connectivity index (χ2n) is 10.7. The van der Waals surface area contributed by atoms with Gasteiger partial charge in [0, 0.05) is 35.5 Å². The Morgan fingerprint density at radius 3 is 2.44 bits per heavy atom. The summed E-state index contributed by atoms with van der Waals surface area (Å²) in [4.78, 5) is 21.2. The van der Waals surface area contributed by atoms with Crippen LogP contribution in [-0.4, -0.2) is 41.5 Å². The van der Waals surface area contributed by atoms with Crippen molar-refractivity contribution in [2.24, 2.45) is 17.8 Å². The van der Waals surface area contributed by atoms with E-state index in [1.807, 2.05) is 6.92 Å². The molecule has 1 N–H and O–H groups in total. The highest BCUT2D eigenvalue weighted by Crippen LogP contribution is 2.47. The molecule has 2 bridgehead atoms. The number of ether oxygens (including phenoxy) is 1. The number of hydrogen-bond acceptors (Lipinski definition) is 7. The maximum absolute atomic E-state index is 15.4. The second kappa shape index (κ2) is 10.4. The van der Waals surface area contributed by atoms with Crippen LogP contribution < -0.4 is 5.32 Å². The highest BCUT2D eigenvalue weighted by molar-refractivity contribution is 7.90. The summed E-state index contributed by atoms with van der Waals surface area (Å²) in [5.41, 5.74) is 0.683. The summed E-state index contributed by atoms with van der Waals surface area (Å²) in [7, 11) is -2.81. The fourth-order valence-corrected chi connectivity index (χ4v) is 7.78. The van der Waals surface area contributed by atoms with E-state index >= 15 is 8.78 Å². The molecule has 3 aliphatic carbocycles. The number of hydrogen-bond donors (Lipinski definition) is 1. The number of halogens is 3. The van der Waals surface area contributed by atoms with Gasteiger partial charge in [-0.1, -0.05) is 29.3 Å². The van der Waals surface area contributed by atoms with Gasteiger partial charge < -0.3 is 10.1 Å². The van der Waals surface area contributed by atoms with E-state index in [1.54, 1.807) is 12.1 Å². The van der Waals surface area contributed by atoms with Crippen LogP contribution in [0.2, 0.25) is 5.02 Å². The minimum atomic E-state index is -4.14. The lowest BCUT2D eigenvalue weighted by Gasteiger charge is -2.47. The fourth-order valence-electron chi connectivity index (χ4n) is 6.30. The molecule has 214 valence electrons. The van der Waals surface area contributed by atoms with Gasteiger partial charge in [-0.2, -0.15) is 0 Å². The summed E-state index contributed by atoms with van der Waals surface area (Å²) in [6, 6.07) is 8.01. The minimum absolute atomic E-state index is 0.0133. The molecule has 0 saturated heterocycles. The number of esters is 1. The van der Waals surface area contributed by atoms with Crippen molar-refractivity contribution in [1.29, 1.82) is 0 Å². The number of pyridine rings is 2. The SMILES string of the molecule is COC(=O)[C@H]1C2CCC(CC2)[C@@H]1Nc1nc(-c2cn(S(=O)(=O)c3ccc(C)cc3)c3ncc(Cl)cc23)c(F)cc1F. The molecular weight excluding hydrogens is 574 g/mol. The van der Waals surface area contributed by atoms with E-state index in [0.717, 1.165) is 35.2 Å². The number of fused-ring (bicyclic) bond motifs is 4. The van der Waals surface area contributed by atoms with E-state index in [1.165, 1.54) is 37.7 Å². The Morgan fingerprint density at radius 2 is 1.76 bits per heavy atom. The molecule has 3 saturated carbocycles. The molecule has 0 radical (unpaired) electrons. The minimum Gasteiger partial charge on any atom is -0.469 e. The van der Waals surface area contributed by atoms with Gasteiger partial charge in [0.05, 0.1) is 22.9 Å². The number of nitrogens with one attached hydrogen (secondary N) is 1. The number of methoxy groups -OCH3 is 1. The van der Waals surface area contributed by atoms with Crippen LogP contribution in [0.5, 0.6) is 0 Å². The van der Waals surface area contributed by atoms with Gasteiger partial charge in [-0.15, -0.1) is 0 Å². The highest BCUT2D eigenvalue weighted by atomic mass is 35.5. The number of carbonyl (C=O) groups excluding carboxylic acids is 1. The van der Waals surface area contributed by atoms with Crippen LogP contribution in [0.25, 0.3) is 22.3 Å². The summed E-state index contributed by atoms with van der Waals surface area (Å²) in [6.45, 7) is 1.84. The number of rotatable bonds is 6. The average molecular weight is 601 g/mol. The summed E-state index contributed by atoms with van der Waals surface area (Å²) in [5.74, 6) is -2.80. The molecule has 41 heavy (non-hydrogen) atoms. The summed E-state index contributed by atoms with van der Waals surface area (Å²) in [5, 5.41) is 3.51. The van der Waals surface area contributed by atoms with E-state index in [0.29, 0.717) is 6.07 Å². The molecular formula is C29H27ClF2N4O4S. The summed E-state index contributed by atoms with van der Waals surface area (Å²) < 4.78 is 63.8. The van der Waals surface area contributed by atoms with Gasteiger partial charge in [0.2, 0.25) is 0 Å². The molecule has 3 aliphatic rings. The first-order valence-corrected chi connectivity index (χ1v) is 15.1. The zero-order valence-corrected chi connectivity index (χ0v) is 23.8. The zero-order valence-electron chi connectivity index (χ0n) is 22.3. The Balaban J connectivity index is 1.47. The lowest BCUT2D eigenvalue weighted by atomic mass is 9.61. The van der Waals surface area contributed by atoms with Gasteiger partial charge in [0.1, 0.15) is 5.69 Å². The van der Waals surface area contributed by atoms with Crippen LogP contribution in [-0.2, 0) is 19.6 Å². The highest BCUT2D eigenvalue weighted by Gasteiger charge is 2.48. The first-order valence-electron chi connectivity index (χ1n) is 13.3. The standard InChI is InChI=1S/C29H27ClF2N4O4S/c1-15-3-9-19(10-4-15)41(38,39)36-14-21(20-11-18(30)13-33-28(20)36)26-22(31)12-23(32)27(35-26)34-25-17-7-5-16(6-8-17)24(25)29(37)40-2/h3-4,9-14,16-17,24-25H,5-8H2,1-2H3,(H,34,35)/t16?,17?,24-,25-/m0/s1. The molecule has 0 unspecified atom stereocenters. The third kappa shape index (κ3) is 4.74. The fraction of sp³-hybridized carbons (Fsp3) is 0.345. The van der Waals surface area contributed by atoms with Crippen LogP contribution in [0, 0.1) is 36.3 Å². The van der Waals surface area contributed by atoms with Gasteiger partial charge >= 0.3 is 5.97 Å². The number of anilines is 1. The van der Waals surface area contributed by atoms with Gasteiger partial charge in [-0.3, -0.25) is 4.79 Å². The van der Waals surface area contributed by atoms with Crippen molar-refractivity contribution in [3.8, 4) is 11.3 Å². The predicted octanol–water partition coefficient (Wildman–Crippen LogP) is 5.97. The monoisotopic (exact) mass is 600 g/mol. The summed E-state index contributed by atoms with van der Waals surface area (Å²) >= 11 is 6.21. The van der Waals surface area contributed by atoms with Crippen LogP contribution in [0.15, 0.2) is 53.7 Å². The molecule has 2 atom stereocenters. The third-order valence-electron chi connectivity index (χ3n) is 8.34. The lowest BCUT2D eigenvalue weighted by molar-refractivity contribution is -0.152. The Bertz CT molecular complexity index is 1770. The molecule has 1 aromatic carbocycles. The van der Waals surface area contributed by atoms with Crippen molar-refractivity contribution < 1.29 is 26.7 Å². The van der Waals surface area contributed by atoms with Gasteiger partial charge in [-0.05, 0) is 62.6 Å². The molecule has 3 fully saturated rings. The van der Waals surface area contributed by atoms with Gasteiger partial charge in [-0.25, -0.2) is 31.1 Å². The Hall–Kier alpha value is -3.57. The van der Waals surface area contributed by atoms with E-state index in [4.69, 9.17) is 16.3 Å². The molecule has 0 amide bonds.